The van der Waals surface area contributed by atoms with E-state index in [-0.39, 0.29) is 23.7 Å². The average molecular weight is 423 g/mol. The molecule has 1 amide bonds. The smallest absolute Gasteiger partial charge is 0.354 e. The maximum atomic E-state index is 14.5. The molecule has 1 aromatic carbocycles. The van der Waals surface area contributed by atoms with Crippen molar-refractivity contribution in [3.8, 4) is 5.75 Å². The van der Waals surface area contributed by atoms with E-state index in [1.807, 2.05) is 0 Å². The molecule has 0 aliphatic carbocycles. The van der Waals surface area contributed by atoms with Crippen LogP contribution in [0.1, 0.15) is 51.0 Å². The number of carbonyl (C=O) groups excluding carboxylic acids is 2. The quantitative estimate of drug-likeness (QED) is 0.613. The highest BCUT2D eigenvalue weighted by Crippen LogP contribution is 2.41. The van der Waals surface area contributed by atoms with E-state index in [2.05, 4.69) is 15.3 Å². The molecule has 1 aliphatic heterocycles. The maximum Gasteiger partial charge on any atom is 0.354 e. The summed E-state index contributed by atoms with van der Waals surface area (Å²) in [5, 5.41) is 3.03. The molecular formula is C23H22FN3O4. The van der Waals surface area contributed by atoms with Crippen LogP contribution in [-0.4, -0.2) is 35.1 Å². The number of hydrogen-bond acceptors (Lipinski definition) is 5. The number of rotatable bonds is 5. The van der Waals surface area contributed by atoms with Crippen molar-refractivity contribution in [3.63, 3.8) is 0 Å². The van der Waals surface area contributed by atoms with Crippen LogP contribution < -0.4 is 10.1 Å². The number of aryl methyl sites for hydroxylation is 1. The monoisotopic (exact) mass is 423 g/mol. The van der Waals surface area contributed by atoms with Gasteiger partial charge in [0.2, 0.25) is 0 Å². The Kier molecular flexibility index (Phi) is 5.46. The van der Waals surface area contributed by atoms with Crippen LogP contribution in [0.15, 0.2) is 48.8 Å². The van der Waals surface area contributed by atoms with E-state index >= 15 is 0 Å². The van der Waals surface area contributed by atoms with E-state index in [0.717, 1.165) is 0 Å². The van der Waals surface area contributed by atoms with Crippen molar-refractivity contribution in [2.24, 2.45) is 0 Å². The minimum absolute atomic E-state index is 0.174. The first-order valence-electron chi connectivity index (χ1n) is 9.97. The summed E-state index contributed by atoms with van der Waals surface area (Å²) >= 11 is 0. The molecule has 8 heteroatoms. The molecule has 160 valence electrons. The molecule has 1 aliphatic rings. The van der Waals surface area contributed by atoms with Gasteiger partial charge in [0.1, 0.15) is 28.5 Å². The number of fused-ring (bicyclic) bond motifs is 1. The summed E-state index contributed by atoms with van der Waals surface area (Å²) in [7, 11) is 0. The molecular weight excluding hydrogens is 401 g/mol. The zero-order valence-corrected chi connectivity index (χ0v) is 17.2. The fourth-order valence-electron chi connectivity index (χ4n) is 3.71. The molecule has 0 unspecified atom stereocenters. The van der Waals surface area contributed by atoms with Gasteiger partial charge < -0.3 is 19.8 Å². The molecule has 0 saturated heterocycles. The van der Waals surface area contributed by atoms with E-state index in [9.17, 15) is 14.0 Å². The zero-order chi connectivity index (χ0) is 22.0. The van der Waals surface area contributed by atoms with Crippen LogP contribution in [-0.2, 0) is 10.3 Å². The van der Waals surface area contributed by atoms with Crippen LogP contribution in [0.2, 0.25) is 0 Å². The minimum atomic E-state index is -1.10. The van der Waals surface area contributed by atoms with Crippen molar-refractivity contribution in [2.75, 3.05) is 13.2 Å². The largest absolute Gasteiger partial charge is 0.491 e. The Morgan fingerprint density at radius 2 is 2.16 bits per heavy atom. The second kappa shape index (κ2) is 8.22. The number of hydrogen-bond donors (Lipinski definition) is 2. The molecule has 2 aromatic heterocycles. The van der Waals surface area contributed by atoms with Gasteiger partial charge in [0.25, 0.3) is 5.91 Å². The van der Waals surface area contributed by atoms with Crippen molar-refractivity contribution in [2.45, 2.75) is 25.8 Å². The third-order valence-corrected chi connectivity index (χ3v) is 5.34. The van der Waals surface area contributed by atoms with Gasteiger partial charge in [-0.3, -0.25) is 9.78 Å². The SMILES string of the molecule is CCOC(=O)c1cc(C(=O)N[C@]2(c3ccc(C)c(F)c3)CCOc3cccnc32)c[nH]1. The number of carbonyl (C=O) groups is 2. The Balaban J connectivity index is 1.76. The van der Waals surface area contributed by atoms with Crippen molar-refractivity contribution >= 4 is 11.9 Å². The summed E-state index contributed by atoms with van der Waals surface area (Å²) in [6.45, 7) is 3.92. The van der Waals surface area contributed by atoms with Crippen LogP contribution in [0.5, 0.6) is 5.75 Å². The summed E-state index contributed by atoms with van der Waals surface area (Å²) in [5.41, 5.74) is 0.893. The van der Waals surface area contributed by atoms with Gasteiger partial charge in [-0.05, 0) is 49.2 Å². The first-order valence-corrected chi connectivity index (χ1v) is 9.97. The lowest BCUT2D eigenvalue weighted by Crippen LogP contribution is -2.50. The summed E-state index contributed by atoms with van der Waals surface area (Å²) in [5.74, 6) is -0.834. The number of halogens is 1. The molecule has 1 atom stereocenters. The lowest BCUT2D eigenvalue weighted by molar-refractivity contribution is 0.0520. The Labute approximate surface area is 178 Å². The number of esters is 1. The van der Waals surface area contributed by atoms with Crippen molar-refractivity contribution in [1.82, 2.24) is 15.3 Å². The van der Waals surface area contributed by atoms with Gasteiger partial charge in [-0.2, -0.15) is 0 Å². The third-order valence-electron chi connectivity index (χ3n) is 5.34. The van der Waals surface area contributed by atoms with E-state index in [1.54, 1.807) is 44.3 Å². The number of H-pyrrole nitrogens is 1. The molecule has 0 saturated carbocycles. The summed E-state index contributed by atoms with van der Waals surface area (Å²) in [4.78, 5) is 32.4. The number of amides is 1. The number of nitrogens with zero attached hydrogens (tertiary/aromatic N) is 1. The van der Waals surface area contributed by atoms with Crippen molar-refractivity contribution in [3.05, 3.63) is 82.7 Å². The van der Waals surface area contributed by atoms with E-state index in [1.165, 1.54) is 18.3 Å². The molecule has 0 bridgehead atoms. The average Bonchev–Trinajstić information content (AvgIpc) is 3.27. The van der Waals surface area contributed by atoms with Gasteiger partial charge in [0, 0.05) is 18.8 Å². The Morgan fingerprint density at radius 3 is 2.94 bits per heavy atom. The van der Waals surface area contributed by atoms with Gasteiger partial charge >= 0.3 is 5.97 Å². The Morgan fingerprint density at radius 1 is 1.32 bits per heavy atom. The zero-order valence-electron chi connectivity index (χ0n) is 17.2. The predicted octanol–water partition coefficient (Wildman–Crippen LogP) is 3.49. The third kappa shape index (κ3) is 3.76. The van der Waals surface area contributed by atoms with Gasteiger partial charge in [-0.25, -0.2) is 9.18 Å². The van der Waals surface area contributed by atoms with Gasteiger partial charge in [-0.15, -0.1) is 0 Å². The van der Waals surface area contributed by atoms with Crippen LogP contribution >= 0.6 is 0 Å². The number of pyridine rings is 1. The topological polar surface area (TPSA) is 93.3 Å². The second-order valence-corrected chi connectivity index (χ2v) is 7.29. The molecule has 2 N–H and O–H groups in total. The highest BCUT2D eigenvalue weighted by Gasteiger charge is 2.43. The van der Waals surface area contributed by atoms with Crippen LogP contribution in [0.4, 0.5) is 4.39 Å². The normalized spacial score (nSPS) is 17.4. The Hall–Kier alpha value is -3.68. The number of aromatic amines is 1. The predicted molar refractivity (Wildman–Crippen MR) is 110 cm³/mol. The summed E-state index contributed by atoms with van der Waals surface area (Å²) in [6, 6.07) is 9.80. The van der Waals surface area contributed by atoms with Crippen molar-refractivity contribution < 1.29 is 23.5 Å². The lowest BCUT2D eigenvalue weighted by Gasteiger charge is -2.39. The standard InChI is InChI=1S/C23H22FN3O4/c1-3-30-22(29)18-11-15(13-26-18)21(28)27-23(16-7-6-14(2)17(24)12-16)8-10-31-19-5-4-9-25-20(19)23/h4-7,9,11-13,26H,3,8,10H2,1-2H3,(H,27,28)/t23-/m0/s1. The van der Waals surface area contributed by atoms with E-state index in [4.69, 9.17) is 9.47 Å². The summed E-state index contributed by atoms with van der Waals surface area (Å²) in [6.07, 6.45) is 3.40. The first kappa shape index (κ1) is 20.6. The fourth-order valence-corrected chi connectivity index (χ4v) is 3.71. The number of aromatic nitrogens is 2. The number of nitrogens with one attached hydrogen (secondary N) is 2. The fraction of sp³-hybridized carbons (Fsp3) is 0.261. The molecule has 3 aromatic rings. The van der Waals surface area contributed by atoms with Crippen LogP contribution in [0.3, 0.4) is 0 Å². The Bertz CT molecular complexity index is 1140. The number of ether oxygens (including phenoxy) is 2. The minimum Gasteiger partial charge on any atom is -0.491 e. The first-order chi connectivity index (χ1) is 14.9. The van der Waals surface area contributed by atoms with E-state index in [0.29, 0.717) is 35.6 Å². The van der Waals surface area contributed by atoms with Gasteiger partial charge in [-0.1, -0.05) is 12.1 Å². The number of benzene rings is 1. The molecule has 0 spiro atoms. The van der Waals surface area contributed by atoms with Crippen LogP contribution in [0, 0.1) is 12.7 Å². The molecule has 0 fully saturated rings. The van der Waals surface area contributed by atoms with Gasteiger partial charge in [0.15, 0.2) is 0 Å². The molecule has 0 radical (unpaired) electrons. The highest BCUT2D eigenvalue weighted by molar-refractivity contribution is 5.98. The lowest BCUT2D eigenvalue weighted by atomic mass is 9.80. The molecule has 31 heavy (non-hydrogen) atoms. The molecule has 7 nitrogen and oxygen atoms in total. The van der Waals surface area contributed by atoms with Gasteiger partial charge in [0.05, 0.1) is 18.8 Å². The van der Waals surface area contributed by atoms with Crippen molar-refractivity contribution in [1.29, 1.82) is 0 Å². The second-order valence-electron chi connectivity index (χ2n) is 7.29. The summed E-state index contributed by atoms with van der Waals surface area (Å²) < 4.78 is 25.2. The van der Waals surface area contributed by atoms with E-state index < -0.39 is 17.4 Å². The molecule has 4 rings (SSSR count). The van der Waals surface area contributed by atoms with Crippen LogP contribution in [0.25, 0.3) is 0 Å². The highest BCUT2D eigenvalue weighted by atomic mass is 19.1. The maximum absolute atomic E-state index is 14.5. The molecule has 3 heterocycles.